The zero-order valence-corrected chi connectivity index (χ0v) is 10.6. The Morgan fingerprint density at radius 1 is 1.41 bits per heavy atom. The summed E-state index contributed by atoms with van der Waals surface area (Å²) in [4.78, 5) is 24.1. The summed E-state index contributed by atoms with van der Waals surface area (Å²) < 4.78 is 10.3. The van der Waals surface area contributed by atoms with Crippen molar-refractivity contribution in [1.82, 2.24) is 4.90 Å². The summed E-state index contributed by atoms with van der Waals surface area (Å²) in [7, 11) is 0. The first-order chi connectivity index (χ1) is 7.70. The highest BCUT2D eigenvalue weighted by atomic mass is 16.6. The molecule has 1 saturated heterocycles. The molecule has 1 N–H and O–H groups in total. The average Bonchev–Trinajstić information content (AvgIpc) is 2.14. The highest BCUT2D eigenvalue weighted by Crippen LogP contribution is 2.16. The molecule has 1 aliphatic heterocycles. The lowest BCUT2D eigenvalue weighted by Crippen LogP contribution is -2.54. The fourth-order valence-corrected chi connectivity index (χ4v) is 1.48. The van der Waals surface area contributed by atoms with Crippen molar-refractivity contribution in [3.8, 4) is 0 Å². The van der Waals surface area contributed by atoms with Crippen molar-refractivity contribution in [3.05, 3.63) is 0 Å². The number of nitrogens with zero attached hydrogens (tertiary/aromatic N) is 1. The van der Waals surface area contributed by atoms with Crippen LogP contribution in [0.1, 0.15) is 27.7 Å². The van der Waals surface area contributed by atoms with Crippen molar-refractivity contribution in [2.45, 2.75) is 45.4 Å². The third kappa shape index (κ3) is 3.89. The average molecular weight is 245 g/mol. The van der Waals surface area contributed by atoms with Gasteiger partial charge in [0.2, 0.25) is 0 Å². The maximum absolute atomic E-state index is 11.8. The van der Waals surface area contributed by atoms with Crippen LogP contribution in [0, 0.1) is 0 Å². The number of ether oxygens (including phenoxy) is 2. The zero-order valence-electron chi connectivity index (χ0n) is 10.6. The first-order valence-electron chi connectivity index (χ1n) is 5.55. The summed E-state index contributed by atoms with van der Waals surface area (Å²) >= 11 is 0. The zero-order chi connectivity index (χ0) is 13.2. The molecular weight excluding hydrogens is 226 g/mol. The van der Waals surface area contributed by atoms with E-state index in [1.54, 1.807) is 27.7 Å². The second-order valence-corrected chi connectivity index (χ2v) is 5.14. The first-order valence-corrected chi connectivity index (χ1v) is 5.55. The van der Waals surface area contributed by atoms with E-state index in [4.69, 9.17) is 14.6 Å². The molecule has 0 aromatic heterocycles. The van der Waals surface area contributed by atoms with Crippen LogP contribution in [-0.2, 0) is 14.3 Å². The van der Waals surface area contributed by atoms with Crippen LogP contribution in [-0.4, -0.2) is 53.0 Å². The molecule has 1 rings (SSSR count). The minimum atomic E-state index is -1.06. The molecule has 0 bridgehead atoms. The number of morpholine rings is 1. The van der Waals surface area contributed by atoms with Crippen LogP contribution >= 0.6 is 0 Å². The van der Waals surface area contributed by atoms with Gasteiger partial charge in [0.15, 0.2) is 6.10 Å². The number of hydrogen-bond acceptors (Lipinski definition) is 4. The Morgan fingerprint density at radius 2 is 2.00 bits per heavy atom. The minimum absolute atomic E-state index is 0.0193. The van der Waals surface area contributed by atoms with Crippen molar-refractivity contribution in [3.63, 3.8) is 0 Å². The molecule has 2 atom stereocenters. The Balaban J connectivity index is 2.67. The van der Waals surface area contributed by atoms with Gasteiger partial charge in [-0.3, -0.25) is 4.90 Å². The van der Waals surface area contributed by atoms with Crippen molar-refractivity contribution < 1.29 is 24.2 Å². The van der Waals surface area contributed by atoms with Gasteiger partial charge >= 0.3 is 12.1 Å². The number of amides is 1. The molecule has 0 saturated carbocycles. The van der Waals surface area contributed by atoms with Gasteiger partial charge in [-0.25, -0.2) is 9.59 Å². The summed E-state index contributed by atoms with van der Waals surface area (Å²) in [5.41, 5.74) is -0.589. The minimum Gasteiger partial charge on any atom is -0.479 e. The van der Waals surface area contributed by atoms with E-state index in [0.29, 0.717) is 0 Å². The van der Waals surface area contributed by atoms with Crippen LogP contribution < -0.4 is 0 Å². The van der Waals surface area contributed by atoms with Crippen LogP contribution in [0.25, 0.3) is 0 Å². The van der Waals surface area contributed by atoms with Gasteiger partial charge in [0.05, 0.1) is 19.2 Å². The molecular formula is C11H19NO5. The molecule has 0 radical (unpaired) electrons. The third-order valence-electron chi connectivity index (χ3n) is 2.34. The molecule has 98 valence electrons. The van der Waals surface area contributed by atoms with E-state index < -0.39 is 23.8 Å². The van der Waals surface area contributed by atoms with Gasteiger partial charge in [-0.1, -0.05) is 0 Å². The van der Waals surface area contributed by atoms with Crippen molar-refractivity contribution in [1.29, 1.82) is 0 Å². The SMILES string of the molecule is C[C@@H]1CO[C@@H](C(=O)O)CN1C(=O)OC(C)(C)C. The largest absolute Gasteiger partial charge is 0.479 e. The van der Waals surface area contributed by atoms with E-state index in [2.05, 4.69) is 0 Å². The highest BCUT2D eigenvalue weighted by molar-refractivity contribution is 5.75. The summed E-state index contributed by atoms with van der Waals surface area (Å²) in [6, 6.07) is -0.180. The maximum Gasteiger partial charge on any atom is 0.410 e. The molecule has 1 aliphatic rings. The van der Waals surface area contributed by atoms with Crippen molar-refractivity contribution >= 4 is 12.1 Å². The fraction of sp³-hybridized carbons (Fsp3) is 0.818. The molecule has 1 heterocycles. The fourth-order valence-electron chi connectivity index (χ4n) is 1.48. The molecule has 6 nitrogen and oxygen atoms in total. The molecule has 0 aromatic rings. The van der Waals surface area contributed by atoms with Gasteiger partial charge < -0.3 is 14.6 Å². The Bertz CT molecular complexity index is 309. The van der Waals surface area contributed by atoms with E-state index in [0.717, 1.165) is 0 Å². The normalized spacial score (nSPS) is 25.5. The lowest BCUT2D eigenvalue weighted by molar-refractivity contribution is -0.158. The molecule has 0 unspecified atom stereocenters. The molecule has 0 aliphatic carbocycles. The van der Waals surface area contributed by atoms with E-state index in [1.807, 2.05) is 0 Å². The molecule has 0 spiro atoms. The van der Waals surface area contributed by atoms with Gasteiger partial charge in [-0.15, -0.1) is 0 Å². The monoisotopic (exact) mass is 245 g/mol. The second kappa shape index (κ2) is 4.91. The molecule has 17 heavy (non-hydrogen) atoms. The number of carbonyl (C=O) groups is 2. The summed E-state index contributed by atoms with van der Waals surface area (Å²) in [5.74, 6) is -1.06. The topological polar surface area (TPSA) is 76.1 Å². The first kappa shape index (κ1) is 13.8. The quantitative estimate of drug-likeness (QED) is 0.748. The van der Waals surface area contributed by atoms with Gasteiger partial charge in [-0.05, 0) is 27.7 Å². The number of carboxylic acid groups (broad SMARTS) is 1. The Labute approximate surface area is 100 Å². The van der Waals surface area contributed by atoms with E-state index in [1.165, 1.54) is 4.90 Å². The number of rotatable bonds is 1. The standard InChI is InChI=1S/C11H19NO5/c1-7-6-16-8(9(13)14)5-12(7)10(15)17-11(2,3)4/h7-8H,5-6H2,1-4H3,(H,13,14)/t7-,8-/m1/s1. The third-order valence-corrected chi connectivity index (χ3v) is 2.34. The number of hydrogen-bond donors (Lipinski definition) is 1. The smallest absolute Gasteiger partial charge is 0.410 e. The Hall–Kier alpha value is -1.30. The van der Waals surface area contributed by atoms with Crippen LogP contribution in [0.2, 0.25) is 0 Å². The molecule has 6 heteroatoms. The molecule has 1 fully saturated rings. The van der Waals surface area contributed by atoms with Crippen molar-refractivity contribution in [2.75, 3.05) is 13.2 Å². The van der Waals surface area contributed by atoms with Gasteiger partial charge in [0.1, 0.15) is 5.60 Å². The van der Waals surface area contributed by atoms with Crippen molar-refractivity contribution in [2.24, 2.45) is 0 Å². The van der Waals surface area contributed by atoms with Gasteiger partial charge in [0.25, 0.3) is 0 Å². The lowest BCUT2D eigenvalue weighted by atomic mass is 10.2. The van der Waals surface area contributed by atoms with E-state index in [9.17, 15) is 9.59 Å². The van der Waals surface area contributed by atoms with Crippen LogP contribution in [0.4, 0.5) is 4.79 Å². The predicted molar refractivity (Wildman–Crippen MR) is 59.8 cm³/mol. The molecule has 0 aromatic carbocycles. The van der Waals surface area contributed by atoms with Crippen LogP contribution in [0.15, 0.2) is 0 Å². The summed E-state index contributed by atoms with van der Waals surface area (Å²) in [6.07, 6.45) is -1.47. The van der Waals surface area contributed by atoms with Crippen LogP contribution in [0.5, 0.6) is 0 Å². The summed E-state index contributed by atoms with van der Waals surface area (Å²) in [6.45, 7) is 7.32. The predicted octanol–water partition coefficient (Wildman–Crippen LogP) is 1.10. The van der Waals surface area contributed by atoms with Crippen LogP contribution in [0.3, 0.4) is 0 Å². The second-order valence-electron chi connectivity index (χ2n) is 5.14. The van der Waals surface area contributed by atoms with Gasteiger partial charge in [-0.2, -0.15) is 0 Å². The number of carbonyl (C=O) groups excluding carboxylic acids is 1. The lowest BCUT2D eigenvalue weighted by Gasteiger charge is -2.37. The highest BCUT2D eigenvalue weighted by Gasteiger charge is 2.35. The summed E-state index contributed by atoms with van der Waals surface area (Å²) in [5, 5.41) is 8.85. The van der Waals surface area contributed by atoms with E-state index in [-0.39, 0.29) is 19.2 Å². The Kier molecular flexibility index (Phi) is 3.98. The van der Waals surface area contributed by atoms with E-state index >= 15 is 0 Å². The number of carboxylic acids is 1. The number of aliphatic carboxylic acids is 1. The van der Waals surface area contributed by atoms with Gasteiger partial charge in [0, 0.05) is 0 Å². The molecule has 1 amide bonds. The maximum atomic E-state index is 11.8. The Morgan fingerprint density at radius 3 is 2.47 bits per heavy atom.